The fourth-order valence-electron chi connectivity index (χ4n) is 4.22. The van der Waals surface area contributed by atoms with Gasteiger partial charge in [-0.2, -0.15) is 0 Å². The monoisotopic (exact) mass is 451 g/mol. The summed E-state index contributed by atoms with van der Waals surface area (Å²) in [6.45, 7) is 3.25. The van der Waals surface area contributed by atoms with E-state index in [-0.39, 0.29) is 6.10 Å². The molecule has 0 bridgehead atoms. The van der Waals surface area contributed by atoms with Crippen LogP contribution in [0.4, 0.5) is 0 Å². The molecule has 0 aliphatic rings. The fraction of sp³-hybridized carbons (Fsp3) is 0.226. The Morgan fingerprint density at radius 1 is 0.647 bits per heavy atom. The molecule has 4 rings (SSSR count). The molecule has 3 nitrogen and oxygen atoms in total. The van der Waals surface area contributed by atoms with E-state index in [1.165, 1.54) is 16.7 Å². The summed E-state index contributed by atoms with van der Waals surface area (Å²) in [6, 6.07) is 40.0. The average molecular weight is 452 g/mol. The normalized spacial score (nSPS) is 11.9. The third-order valence-corrected chi connectivity index (χ3v) is 6.01. The molecule has 0 aromatic heterocycles. The first-order chi connectivity index (χ1) is 16.8. The molecule has 4 aromatic carbocycles. The molecule has 34 heavy (non-hydrogen) atoms. The van der Waals surface area contributed by atoms with Gasteiger partial charge in [-0.1, -0.05) is 109 Å². The van der Waals surface area contributed by atoms with E-state index < -0.39 is 0 Å². The maximum atomic E-state index is 6.50. The minimum Gasteiger partial charge on any atom is -0.496 e. The van der Waals surface area contributed by atoms with Gasteiger partial charge in [0.25, 0.3) is 0 Å². The Balaban J connectivity index is 1.48. The Kier molecular flexibility index (Phi) is 8.90. The summed E-state index contributed by atoms with van der Waals surface area (Å²) in [4.78, 5) is 2.51. The van der Waals surface area contributed by atoms with Gasteiger partial charge in [0, 0.05) is 25.2 Å². The summed E-state index contributed by atoms with van der Waals surface area (Å²) in [7, 11) is 1.71. The predicted octanol–water partition coefficient (Wildman–Crippen LogP) is 7.05. The number of rotatable bonds is 12. The SMILES string of the molecule is COc1ccccc1COC(CCN(Cc1ccccc1)Cc1ccccc1)c1ccccc1. The van der Waals surface area contributed by atoms with Crippen molar-refractivity contribution in [3.8, 4) is 5.75 Å². The van der Waals surface area contributed by atoms with E-state index in [1.807, 2.05) is 18.2 Å². The van der Waals surface area contributed by atoms with Crippen LogP contribution >= 0.6 is 0 Å². The van der Waals surface area contributed by atoms with E-state index in [2.05, 4.69) is 102 Å². The first kappa shape index (κ1) is 23.7. The van der Waals surface area contributed by atoms with E-state index in [0.29, 0.717) is 6.61 Å². The number of methoxy groups -OCH3 is 1. The molecular weight excluding hydrogens is 418 g/mol. The molecule has 1 unspecified atom stereocenters. The first-order valence-corrected chi connectivity index (χ1v) is 11.9. The Morgan fingerprint density at radius 3 is 1.76 bits per heavy atom. The van der Waals surface area contributed by atoms with Crippen molar-refractivity contribution in [3.63, 3.8) is 0 Å². The van der Waals surface area contributed by atoms with Crippen molar-refractivity contribution < 1.29 is 9.47 Å². The first-order valence-electron chi connectivity index (χ1n) is 11.9. The lowest BCUT2D eigenvalue weighted by Crippen LogP contribution is -2.26. The molecule has 1 atom stereocenters. The van der Waals surface area contributed by atoms with Crippen LogP contribution in [0, 0.1) is 0 Å². The zero-order valence-electron chi connectivity index (χ0n) is 19.8. The summed E-state index contributed by atoms with van der Waals surface area (Å²) in [5.74, 6) is 0.865. The number of benzene rings is 4. The third-order valence-electron chi connectivity index (χ3n) is 6.01. The molecule has 0 heterocycles. The van der Waals surface area contributed by atoms with E-state index in [1.54, 1.807) is 7.11 Å². The smallest absolute Gasteiger partial charge is 0.124 e. The molecule has 0 aliphatic carbocycles. The van der Waals surface area contributed by atoms with Crippen molar-refractivity contribution in [1.82, 2.24) is 4.90 Å². The van der Waals surface area contributed by atoms with Crippen LogP contribution in [0.2, 0.25) is 0 Å². The summed E-state index contributed by atoms with van der Waals surface area (Å²) >= 11 is 0. The third kappa shape index (κ3) is 7.05. The summed E-state index contributed by atoms with van der Waals surface area (Å²) in [6.07, 6.45) is 0.902. The minimum atomic E-state index is 0.000147. The highest BCUT2D eigenvalue weighted by Gasteiger charge is 2.16. The summed E-state index contributed by atoms with van der Waals surface area (Å²) in [5.41, 5.74) is 4.92. The second kappa shape index (κ2) is 12.7. The molecule has 0 fully saturated rings. The van der Waals surface area contributed by atoms with Gasteiger partial charge in [-0.05, 0) is 29.2 Å². The molecule has 0 amide bonds. The molecule has 3 heteroatoms. The van der Waals surface area contributed by atoms with Crippen molar-refractivity contribution in [3.05, 3.63) is 138 Å². The fourth-order valence-corrected chi connectivity index (χ4v) is 4.22. The van der Waals surface area contributed by atoms with Crippen molar-refractivity contribution >= 4 is 0 Å². The van der Waals surface area contributed by atoms with Crippen molar-refractivity contribution in [2.45, 2.75) is 32.2 Å². The van der Waals surface area contributed by atoms with Gasteiger partial charge in [-0.3, -0.25) is 4.90 Å². The molecule has 0 aliphatic heterocycles. The number of ether oxygens (including phenoxy) is 2. The largest absolute Gasteiger partial charge is 0.496 e. The molecule has 0 spiro atoms. The maximum Gasteiger partial charge on any atom is 0.124 e. The van der Waals surface area contributed by atoms with Crippen LogP contribution in [-0.2, 0) is 24.4 Å². The van der Waals surface area contributed by atoms with Crippen molar-refractivity contribution in [1.29, 1.82) is 0 Å². The highest BCUT2D eigenvalue weighted by molar-refractivity contribution is 5.32. The van der Waals surface area contributed by atoms with Crippen LogP contribution in [0.5, 0.6) is 5.75 Å². The Labute approximate surface area is 203 Å². The van der Waals surface area contributed by atoms with Crippen LogP contribution < -0.4 is 4.74 Å². The number of nitrogens with zero attached hydrogens (tertiary/aromatic N) is 1. The molecule has 0 saturated carbocycles. The lowest BCUT2D eigenvalue weighted by atomic mass is 10.1. The zero-order chi connectivity index (χ0) is 23.4. The van der Waals surface area contributed by atoms with Gasteiger partial charge in [-0.25, -0.2) is 0 Å². The van der Waals surface area contributed by atoms with E-state index in [9.17, 15) is 0 Å². The average Bonchev–Trinajstić information content (AvgIpc) is 2.90. The van der Waals surface area contributed by atoms with Gasteiger partial charge >= 0.3 is 0 Å². The van der Waals surface area contributed by atoms with Crippen molar-refractivity contribution in [2.75, 3.05) is 13.7 Å². The van der Waals surface area contributed by atoms with Gasteiger partial charge in [0.15, 0.2) is 0 Å². The van der Waals surface area contributed by atoms with Gasteiger partial charge in [0.05, 0.1) is 19.8 Å². The Morgan fingerprint density at radius 2 is 1.18 bits per heavy atom. The lowest BCUT2D eigenvalue weighted by Gasteiger charge is -2.26. The molecule has 0 radical (unpaired) electrons. The second-order valence-corrected chi connectivity index (χ2v) is 8.49. The van der Waals surface area contributed by atoms with Crippen LogP contribution in [0.15, 0.2) is 115 Å². The van der Waals surface area contributed by atoms with E-state index in [4.69, 9.17) is 9.47 Å². The van der Waals surface area contributed by atoms with Gasteiger partial charge in [0.2, 0.25) is 0 Å². The molecular formula is C31H33NO2. The quantitative estimate of drug-likeness (QED) is 0.230. The van der Waals surface area contributed by atoms with Gasteiger partial charge < -0.3 is 9.47 Å². The van der Waals surface area contributed by atoms with Crippen LogP contribution in [0.1, 0.15) is 34.8 Å². The molecule has 4 aromatic rings. The van der Waals surface area contributed by atoms with Gasteiger partial charge in [-0.15, -0.1) is 0 Å². The molecule has 174 valence electrons. The summed E-state index contributed by atoms with van der Waals surface area (Å²) < 4.78 is 12.0. The van der Waals surface area contributed by atoms with E-state index in [0.717, 1.165) is 37.4 Å². The zero-order valence-corrected chi connectivity index (χ0v) is 19.8. The van der Waals surface area contributed by atoms with Crippen molar-refractivity contribution in [2.24, 2.45) is 0 Å². The Bertz CT molecular complexity index is 1060. The van der Waals surface area contributed by atoms with Crippen LogP contribution in [0.3, 0.4) is 0 Å². The number of para-hydroxylation sites is 1. The highest BCUT2D eigenvalue weighted by Crippen LogP contribution is 2.26. The molecule has 0 saturated heterocycles. The summed E-state index contributed by atoms with van der Waals surface area (Å²) in [5, 5.41) is 0. The maximum absolute atomic E-state index is 6.50. The van der Waals surface area contributed by atoms with Gasteiger partial charge in [0.1, 0.15) is 5.75 Å². The second-order valence-electron chi connectivity index (χ2n) is 8.49. The topological polar surface area (TPSA) is 21.7 Å². The van der Waals surface area contributed by atoms with Crippen LogP contribution in [-0.4, -0.2) is 18.6 Å². The standard InChI is InChI=1S/C31H33NO2/c1-33-30-20-12-11-19-29(30)25-34-31(28-17-9-4-10-18-28)21-22-32(23-26-13-5-2-6-14-26)24-27-15-7-3-8-16-27/h2-20,31H,21-25H2,1H3. The van der Waals surface area contributed by atoms with Crippen LogP contribution in [0.25, 0.3) is 0 Å². The highest BCUT2D eigenvalue weighted by atomic mass is 16.5. The number of hydrogen-bond acceptors (Lipinski definition) is 3. The predicted molar refractivity (Wildman–Crippen MR) is 139 cm³/mol. The number of hydrogen-bond donors (Lipinski definition) is 0. The molecule has 0 N–H and O–H groups in total. The Hall–Kier alpha value is -3.40. The van der Waals surface area contributed by atoms with E-state index >= 15 is 0 Å². The minimum absolute atomic E-state index is 0.000147. The lowest BCUT2D eigenvalue weighted by molar-refractivity contribution is 0.0246.